The summed E-state index contributed by atoms with van der Waals surface area (Å²) in [5.74, 6) is -1.14. The lowest BCUT2D eigenvalue weighted by Crippen LogP contribution is -2.58. The highest BCUT2D eigenvalue weighted by Crippen LogP contribution is 2.19. The Balaban J connectivity index is 2.80. The highest BCUT2D eigenvalue weighted by atomic mass is 19.4. The molecule has 0 aromatic rings. The maximum Gasteiger partial charge on any atom is 0.401 e. The van der Waals surface area contributed by atoms with Gasteiger partial charge in [0.1, 0.15) is 6.04 Å². The molecular formula is C13H23F3N4O2. The van der Waals surface area contributed by atoms with Crippen molar-refractivity contribution >= 4 is 11.8 Å². The van der Waals surface area contributed by atoms with E-state index in [-0.39, 0.29) is 19.6 Å². The number of carbonyl (C=O) groups is 2. The summed E-state index contributed by atoms with van der Waals surface area (Å²) >= 11 is 0. The van der Waals surface area contributed by atoms with Crippen LogP contribution >= 0.6 is 0 Å². The lowest BCUT2D eigenvalue weighted by atomic mass is 10.1. The molecular weight excluding hydrogens is 301 g/mol. The molecule has 0 spiro atoms. The van der Waals surface area contributed by atoms with Crippen LogP contribution in [0, 0.1) is 0 Å². The second kappa shape index (κ2) is 7.77. The van der Waals surface area contributed by atoms with Gasteiger partial charge in [0.15, 0.2) is 0 Å². The van der Waals surface area contributed by atoms with Gasteiger partial charge >= 0.3 is 6.18 Å². The molecule has 0 aliphatic carbocycles. The molecule has 1 aliphatic heterocycles. The Bertz CT molecular complexity index is 403. The van der Waals surface area contributed by atoms with Crippen LogP contribution in [-0.2, 0) is 9.59 Å². The van der Waals surface area contributed by atoms with Crippen molar-refractivity contribution < 1.29 is 22.8 Å². The summed E-state index contributed by atoms with van der Waals surface area (Å²) in [6.07, 6.45) is -2.92. The summed E-state index contributed by atoms with van der Waals surface area (Å²) < 4.78 is 37.4. The molecule has 2 amide bonds. The maximum absolute atomic E-state index is 12.5. The second-order valence-corrected chi connectivity index (χ2v) is 5.55. The molecule has 22 heavy (non-hydrogen) atoms. The van der Waals surface area contributed by atoms with Crippen molar-refractivity contribution in [3.63, 3.8) is 0 Å². The van der Waals surface area contributed by atoms with Crippen molar-refractivity contribution in [1.82, 2.24) is 9.80 Å². The van der Waals surface area contributed by atoms with Gasteiger partial charge in [0.2, 0.25) is 11.8 Å². The first-order chi connectivity index (χ1) is 10.2. The number of hydrogen-bond donors (Lipinski definition) is 2. The highest BCUT2D eigenvalue weighted by molar-refractivity contribution is 5.89. The van der Waals surface area contributed by atoms with Crippen molar-refractivity contribution in [1.29, 1.82) is 0 Å². The first-order valence-corrected chi connectivity index (χ1v) is 7.30. The molecule has 0 radical (unpaired) electrons. The Morgan fingerprint density at radius 2 is 2.05 bits per heavy atom. The van der Waals surface area contributed by atoms with E-state index in [1.807, 2.05) is 6.92 Å². The molecule has 0 aromatic carbocycles. The van der Waals surface area contributed by atoms with E-state index < -0.39 is 36.6 Å². The molecule has 0 bridgehead atoms. The summed E-state index contributed by atoms with van der Waals surface area (Å²) in [4.78, 5) is 26.3. The summed E-state index contributed by atoms with van der Waals surface area (Å²) in [5.41, 5.74) is 11.1. The SMILES string of the molecule is CCCC(C(N)=O)N1CCCN(CC(F)(F)F)CC(N)C1=O. The van der Waals surface area contributed by atoms with Crippen molar-refractivity contribution in [3.8, 4) is 0 Å². The van der Waals surface area contributed by atoms with E-state index >= 15 is 0 Å². The molecule has 1 heterocycles. The average Bonchev–Trinajstić information content (AvgIpc) is 2.37. The fourth-order valence-corrected chi connectivity index (χ4v) is 2.67. The predicted octanol–water partition coefficient (Wildman–Crippen LogP) is 0.0643. The first kappa shape index (κ1) is 18.7. The molecule has 1 fully saturated rings. The van der Waals surface area contributed by atoms with Crippen LogP contribution in [0.5, 0.6) is 0 Å². The average molecular weight is 324 g/mol. The van der Waals surface area contributed by atoms with Crippen LogP contribution in [0.1, 0.15) is 26.2 Å². The van der Waals surface area contributed by atoms with Gasteiger partial charge in [-0.05, 0) is 12.8 Å². The van der Waals surface area contributed by atoms with E-state index in [2.05, 4.69) is 0 Å². The van der Waals surface area contributed by atoms with Gasteiger partial charge in [0.05, 0.1) is 12.6 Å². The summed E-state index contributed by atoms with van der Waals surface area (Å²) in [6, 6.07) is -1.85. The van der Waals surface area contributed by atoms with Crippen molar-refractivity contribution in [3.05, 3.63) is 0 Å². The Labute approximate surface area is 127 Å². The van der Waals surface area contributed by atoms with Crippen LogP contribution in [0.15, 0.2) is 0 Å². The van der Waals surface area contributed by atoms with Gasteiger partial charge in [-0.1, -0.05) is 13.3 Å². The maximum atomic E-state index is 12.5. The minimum Gasteiger partial charge on any atom is -0.368 e. The van der Waals surface area contributed by atoms with Crippen LogP contribution < -0.4 is 11.5 Å². The number of nitrogens with zero attached hydrogens (tertiary/aromatic N) is 2. The standard InChI is InChI=1S/C13H23F3N4O2/c1-2-4-10(11(18)21)20-6-3-5-19(8-13(14,15)16)7-9(17)12(20)22/h9-10H,2-8,17H2,1H3,(H2,18,21). The normalized spacial score (nSPS) is 23.0. The third kappa shape index (κ3) is 5.45. The Morgan fingerprint density at radius 1 is 1.41 bits per heavy atom. The van der Waals surface area contributed by atoms with E-state index in [1.54, 1.807) is 0 Å². The third-order valence-corrected chi connectivity index (χ3v) is 3.60. The van der Waals surface area contributed by atoms with Crippen molar-refractivity contribution in [2.24, 2.45) is 11.5 Å². The molecule has 1 rings (SSSR count). The van der Waals surface area contributed by atoms with E-state index in [0.29, 0.717) is 19.3 Å². The fraction of sp³-hybridized carbons (Fsp3) is 0.846. The quantitative estimate of drug-likeness (QED) is 0.748. The minimum absolute atomic E-state index is 0.161. The number of hydrogen-bond acceptors (Lipinski definition) is 4. The van der Waals surface area contributed by atoms with Gasteiger partial charge in [0, 0.05) is 19.6 Å². The molecule has 128 valence electrons. The number of nitrogens with two attached hydrogens (primary N) is 2. The van der Waals surface area contributed by atoms with Crippen LogP contribution in [-0.4, -0.2) is 66.1 Å². The molecule has 1 saturated heterocycles. The van der Waals surface area contributed by atoms with Crippen LogP contribution in [0.25, 0.3) is 0 Å². The van der Waals surface area contributed by atoms with Gasteiger partial charge in [0.25, 0.3) is 0 Å². The lowest BCUT2D eigenvalue weighted by Gasteiger charge is -2.36. The number of primary amides is 1. The van der Waals surface area contributed by atoms with E-state index in [1.165, 1.54) is 4.90 Å². The molecule has 4 N–H and O–H groups in total. The molecule has 6 nitrogen and oxygen atoms in total. The van der Waals surface area contributed by atoms with Gasteiger partial charge in [-0.15, -0.1) is 0 Å². The number of alkyl halides is 3. The smallest absolute Gasteiger partial charge is 0.368 e. The highest BCUT2D eigenvalue weighted by Gasteiger charge is 2.36. The zero-order valence-electron chi connectivity index (χ0n) is 12.6. The Hall–Kier alpha value is -1.35. The summed E-state index contributed by atoms with van der Waals surface area (Å²) in [5, 5.41) is 0. The van der Waals surface area contributed by atoms with Gasteiger partial charge in [-0.25, -0.2) is 0 Å². The van der Waals surface area contributed by atoms with E-state index in [9.17, 15) is 22.8 Å². The molecule has 9 heteroatoms. The topological polar surface area (TPSA) is 92.7 Å². The first-order valence-electron chi connectivity index (χ1n) is 7.30. The summed E-state index contributed by atoms with van der Waals surface area (Å²) in [7, 11) is 0. The number of rotatable bonds is 5. The van der Waals surface area contributed by atoms with Crippen LogP contribution in [0.2, 0.25) is 0 Å². The largest absolute Gasteiger partial charge is 0.401 e. The van der Waals surface area contributed by atoms with E-state index in [4.69, 9.17) is 11.5 Å². The monoisotopic (exact) mass is 324 g/mol. The second-order valence-electron chi connectivity index (χ2n) is 5.55. The molecule has 0 saturated carbocycles. The third-order valence-electron chi connectivity index (χ3n) is 3.60. The minimum atomic E-state index is -4.33. The summed E-state index contributed by atoms with van der Waals surface area (Å²) in [6.45, 7) is 0.910. The Morgan fingerprint density at radius 3 is 2.55 bits per heavy atom. The van der Waals surface area contributed by atoms with Crippen LogP contribution in [0.4, 0.5) is 13.2 Å². The van der Waals surface area contributed by atoms with Gasteiger partial charge in [-0.2, -0.15) is 13.2 Å². The molecule has 2 atom stereocenters. The van der Waals surface area contributed by atoms with Gasteiger partial charge in [-0.3, -0.25) is 14.5 Å². The number of halogens is 3. The lowest BCUT2D eigenvalue weighted by molar-refractivity contribution is -0.153. The number of amides is 2. The zero-order chi connectivity index (χ0) is 16.9. The predicted molar refractivity (Wildman–Crippen MR) is 74.7 cm³/mol. The number of carbonyl (C=O) groups excluding carboxylic acids is 2. The molecule has 1 aliphatic rings. The van der Waals surface area contributed by atoms with E-state index in [0.717, 1.165) is 4.90 Å². The van der Waals surface area contributed by atoms with Crippen LogP contribution in [0.3, 0.4) is 0 Å². The Kier molecular flexibility index (Phi) is 6.61. The zero-order valence-corrected chi connectivity index (χ0v) is 12.6. The fourth-order valence-electron chi connectivity index (χ4n) is 2.67. The van der Waals surface area contributed by atoms with Gasteiger partial charge < -0.3 is 16.4 Å². The van der Waals surface area contributed by atoms with Crippen molar-refractivity contribution in [2.75, 3.05) is 26.2 Å². The molecule has 0 aromatic heterocycles. The molecule has 2 unspecified atom stereocenters. The van der Waals surface area contributed by atoms with Crippen molar-refractivity contribution in [2.45, 2.75) is 44.4 Å².